The van der Waals surface area contributed by atoms with Gasteiger partial charge in [-0.05, 0) is 38.2 Å². The minimum Gasteiger partial charge on any atom is -0.371 e. The standard InChI is InChI=1S/C17H21N3/c1-11-12(2)20-17(18-3)16(19-11)15-9-7-14(8-10-15)13-5-4-6-13/h7-10,13H,4-6H2,1-3H3,(H,18,20). The highest BCUT2D eigenvalue weighted by Gasteiger charge is 2.19. The average Bonchev–Trinajstić information content (AvgIpc) is 2.40. The fourth-order valence-electron chi connectivity index (χ4n) is 2.63. The zero-order valence-corrected chi connectivity index (χ0v) is 12.4. The van der Waals surface area contributed by atoms with Gasteiger partial charge in [-0.15, -0.1) is 0 Å². The Kier molecular flexibility index (Phi) is 3.43. The third kappa shape index (κ3) is 2.28. The number of nitrogens with zero attached hydrogens (tertiary/aromatic N) is 2. The van der Waals surface area contributed by atoms with Gasteiger partial charge in [0.05, 0.1) is 11.4 Å². The van der Waals surface area contributed by atoms with Crippen LogP contribution in [0.2, 0.25) is 0 Å². The summed E-state index contributed by atoms with van der Waals surface area (Å²) in [5.74, 6) is 1.63. The molecular weight excluding hydrogens is 246 g/mol. The highest BCUT2D eigenvalue weighted by Crippen LogP contribution is 2.37. The molecule has 1 aliphatic rings. The second-order valence-corrected chi connectivity index (χ2v) is 5.59. The molecule has 104 valence electrons. The SMILES string of the molecule is CNc1nc(C)c(C)nc1-c1ccc(C2CCC2)cc1. The van der Waals surface area contributed by atoms with Crippen molar-refractivity contribution in [3.63, 3.8) is 0 Å². The number of aryl methyl sites for hydroxylation is 2. The Bertz CT molecular complexity index is 613. The van der Waals surface area contributed by atoms with Crippen LogP contribution in [0.4, 0.5) is 5.82 Å². The number of anilines is 1. The molecular formula is C17H21N3. The van der Waals surface area contributed by atoms with Crippen molar-refractivity contribution < 1.29 is 0 Å². The average molecular weight is 267 g/mol. The summed E-state index contributed by atoms with van der Waals surface area (Å²) in [6.07, 6.45) is 4.05. The van der Waals surface area contributed by atoms with Crippen molar-refractivity contribution in [3.05, 3.63) is 41.2 Å². The number of rotatable bonds is 3. The lowest BCUT2D eigenvalue weighted by Gasteiger charge is -2.25. The van der Waals surface area contributed by atoms with E-state index in [1.54, 1.807) is 0 Å². The molecule has 1 aromatic heterocycles. The van der Waals surface area contributed by atoms with Crippen LogP contribution in [0.1, 0.15) is 42.1 Å². The van der Waals surface area contributed by atoms with Gasteiger partial charge in [-0.3, -0.25) is 0 Å². The van der Waals surface area contributed by atoms with Gasteiger partial charge in [0.15, 0.2) is 5.82 Å². The molecule has 0 bridgehead atoms. The third-order valence-corrected chi connectivity index (χ3v) is 4.30. The van der Waals surface area contributed by atoms with Crippen LogP contribution in [0.5, 0.6) is 0 Å². The van der Waals surface area contributed by atoms with Crippen molar-refractivity contribution in [2.24, 2.45) is 0 Å². The Morgan fingerprint density at radius 1 is 1.00 bits per heavy atom. The molecule has 0 unspecified atom stereocenters. The lowest BCUT2D eigenvalue weighted by Crippen LogP contribution is -2.08. The number of aromatic nitrogens is 2. The van der Waals surface area contributed by atoms with Crippen molar-refractivity contribution >= 4 is 5.82 Å². The lowest BCUT2D eigenvalue weighted by molar-refractivity contribution is 0.420. The molecule has 0 saturated heterocycles. The fraction of sp³-hybridized carbons (Fsp3) is 0.412. The van der Waals surface area contributed by atoms with Gasteiger partial charge in [0.2, 0.25) is 0 Å². The first-order valence-corrected chi connectivity index (χ1v) is 7.32. The van der Waals surface area contributed by atoms with E-state index in [4.69, 9.17) is 4.98 Å². The zero-order valence-electron chi connectivity index (χ0n) is 12.4. The molecule has 3 nitrogen and oxygen atoms in total. The lowest BCUT2D eigenvalue weighted by atomic mass is 9.80. The van der Waals surface area contributed by atoms with Gasteiger partial charge in [-0.1, -0.05) is 30.7 Å². The van der Waals surface area contributed by atoms with Crippen molar-refractivity contribution in [1.82, 2.24) is 9.97 Å². The van der Waals surface area contributed by atoms with Crippen LogP contribution in [0.25, 0.3) is 11.3 Å². The predicted octanol–water partition coefficient (Wildman–Crippen LogP) is 4.07. The number of hydrogen-bond donors (Lipinski definition) is 1. The minimum atomic E-state index is 0.777. The van der Waals surface area contributed by atoms with E-state index in [1.165, 1.54) is 24.8 Å². The minimum absolute atomic E-state index is 0.777. The van der Waals surface area contributed by atoms with Crippen LogP contribution in [0, 0.1) is 13.8 Å². The third-order valence-electron chi connectivity index (χ3n) is 4.30. The van der Waals surface area contributed by atoms with Gasteiger partial charge in [0.25, 0.3) is 0 Å². The number of nitrogens with one attached hydrogen (secondary N) is 1. The summed E-state index contributed by atoms with van der Waals surface area (Å²) in [6.45, 7) is 4.00. The topological polar surface area (TPSA) is 37.8 Å². The number of benzene rings is 1. The molecule has 3 heteroatoms. The van der Waals surface area contributed by atoms with E-state index in [-0.39, 0.29) is 0 Å². The Labute approximate surface area is 120 Å². The van der Waals surface area contributed by atoms with Crippen LogP contribution >= 0.6 is 0 Å². The van der Waals surface area contributed by atoms with Crippen LogP contribution in [0.15, 0.2) is 24.3 Å². The van der Waals surface area contributed by atoms with Crippen LogP contribution in [-0.4, -0.2) is 17.0 Å². The predicted molar refractivity (Wildman–Crippen MR) is 83.1 cm³/mol. The molecule has 1 N–H and O–H groups in total. The Hall–Kier alpha value is -1.90. The summed E-state index contributed by atoms with van der Waals surface area (Å²) in [5.41, 5.74) is 5.50. The van der Waals surface area contributed by atoms with Crippen LogP contribution < -0.4 is 5.32 Å². The maximum atomic E-state index is 4.70. The Morgan fingerprint density at radius 2 is 1.65 bits per heavy atom. The maximum absolute atomic E-state index is 4.70. The van der Waals surface area contributed by atoms with Gasteiger partial charge >= 0.3 is 0 Å². The smallest absolute Gasteiger partial charge is 0.152 e. The molecule has 0 spiro atoms. The first kappa shape index (κ1) is 13.1. The number of hydrogen-bond acceptors (Lipinski definition) is 3. The van der Waals surface area contributed by atoms with Gasteiger partial charge < -0.3 is 5.32 Å². The second-order valence-electron chi connectivity index (χ2n) is 5.59. The molecule has 1 heterocycles. The highest BCUT2D eigenvalue weighted by molar-refractivity contribution is 5.71. The van der Waals surface area contributed by atoms with E-state index >= 15 is 0 Å². The summed E-state index contributed by atoms with van der Waals surface area (Å²) < 4.78 is 0. The summed E-state index contributed by atoms with van der Waals surface area (Å²) >= 11 is 0. The maximum Gasteiger partial charge on any atom is 0.152 e. The Balaban J connectivity index is 1.97. The van der Waals surface area contributed by atoms with Crippen molar-refractivity contribution in [3.8, 4) is 11.3 Å². The van der Waals surface area contributed by atoms with Gasteiger partial charge in [-0.25, -0.2) is 9.97 Å². The first-order chi connectivity index (χ1) is 9.69. The molecule has 0 aliphatic heterocycles. The summed E-state index contributed by atoms with van der Waals surface area (Å²) in [6, 6.07) is 8.84. The molecule has 0 atom stereocenters. The molecule has 0 amide bonds. The van der Waals surface area contributed by atoms with E-state index in [9.17, 15) is 0 Å². The van der Waals surface area contributed by atoms with Gasteiger partial charge in [0.1, 0.15) is 5.69 Å². The van der Waals surface area contributed by atoms with E-state index in [0.717, 1.165) is 34.4 Å². The molecule has 2 aromatic rings. The van der Waals surface area contributed by atoms with Crippen LogP contribution in [0.3, 0.4) is 0 Å². The summed E-state index contributed by atoms with van der Waals surface area (Å²) in [5, 5.41) is 3.15. The zero-order chi connectivity index (χ0) is 14.1. The fourth-order valence-corrected chi connectivity index (χ4v) is 2.63. The van der Waals surface area contributed by atoms with E-state index in [2.05, 4.69) is 34.6 Å². The van der Waals surface area contributed by atoms with Crippen molar-refractivity contribution in [1.29, 1.82) is 0 Å². The molecule has 20 heavy (non-hydrogen) atoms. The van der Waals surface area contributed by atoms with Crippen molar-refractivity contribution in [2.75, 3.05) is 12.4 Å². The molecule has 1 aromatic carbocycles. The first-order valence-electron chi connectivity index (χ1n) is 7.32. The summed E-state index contributed by atoms with van der Waals surface area (Å²) in [7, 11) is 1.89. The van der Waals surface area contributed by atoms with E-state index in [1.807, 2.05) is 20.9 Å². The summed E-state index contributed by atoms with van der Waals surface area (Å²) in [4.78, 5) is 9.28. The van der Waals surface area contributed by atoms with Crippen LogP contribution in [-0.2, 0) is 0 Å². The van der Waals surface area contributed by atoms with Gasteiger partial charge in [0, 0.05) is 12.6 Å². The van der Waals surface area contributed by atoms with Gasteiger partial charge in [-0.2, -0.15) is 0 Å². The normalized spacial score (nSPS) is 14.9. The monoisotopic (exact) mass is 267 g/mol. The second kappa shape index (κ2) is 5.23. The van der Waals surface area contributed by atoms with E-state index in [0.29, 0.717) is 0 Å². The van der Waals surface area contributed by atoms with E-state index < -0.39 is 0 Å². The Morgan fingerprint density at radius 3 is 2.20 bits per heavy atom. The molecule has 1 fully saturated rings. The molecule has 1 saturated carbocycles. The van der Waals surface area contributed by atoms with Crippen molar-refractivity contribution in [2.45, 2.75) is 39.0 Å². The quantitative estimate of drug-likeness (QED) is 0.911. The molecule has 3 rings (SSSR count). The molecule has 1 aliphatic carbocycles. The highest BCUT2D eigenvalue weighted by atomic mass is 15.0. The molecule has 0 radical (unpaired) electrons. The largest absolute Gasteiger partial charge is 0.371 e.